The van der Waals surface area contributed by atoms with Gasteiger partial charge in [-0.05, 0) is 19.8 Å². The van der Waals surface area contributed by atoms with Gasteiger partial charge in [0.05, 0.1) is 6.04 Å². The summed E-state index contributed by atoms with van der Waals surface area (Å²) in [5, 5.41) is 7.70. The Balaban J connectivity index is 1.56. The molecule has 0 aromatic carbocycles. The van der Waals surface area contributed by atoms with Crippen molar-refractivity contribution < 1.29 is 18.6 Å². The maximum atomic E-state index is 12.4. The van der Waals surface area contributed by atoms with Crippen molar-refractivity contribution in [2.24, 2.45) is 0 Å². The van der Waals surface area contributed by atoms with Crippen molar-refractivity contribution in [1.29, 1.82) is 0 Å². The predicted molar refractivity (Wildman–Crippen MR) is 80.8 cm³/mol. The lowest BCUT2D eigenvalue weighted by atomic mass is 10.2. The van der Waals surface area contributed by atoms with Crippen LogP contribution in [0.15, 0.2) is 9.05 Å². The molecule has 0 bridgehead atoms. The smallest absolute Gasteiger partial charge is 0.252 e. The average Bonchev–Trinajstić information content (AvgIpc) is 3.26. The monoisotopic (exact) mass is 335 g/mol. The SMILES string of the molecule is Cc1noc(COCC(=O)N2CCC[C@H]2c2noc(C(C)C)n2)n1. The lowest BCUT2D eigenvalue weighted by molar-refractivity contribution is -0.137. The Hall–Kier alpha value is -2.29. The summed E-state index contributed by atoms with van der Waals surface area (Å²) in [7, 11) is 0. The largest absolute Gasteiger partial charge is 0.362 e. The zero-order valence-electron chi connectivity index (χ0n) is 14.1. The second kappa shape index (κ2) is 7.08. The lowest BCUT2D eigenvalue weighted by Crippen LogP contribution is -2.34. The maximum Gasteiger partial charge on any atom is 0.252 e. The summed E-state index contributed by atoms with van der Waals surface area (Å²) in [6.07, 6.45) is 1.73. The van der Waals surface area contributed by atoms with Gasteiger partial charge in [-0.2, -0.15) is 9.97 Å². The van der Waals surface area contributed by atoms with E-state index < -0.39 is 0 Å². The molecule has 1 fully saturated rings. The number of aryl methyl sites for hydroxylation is 1. The van der Waals surface area contributed by atoms with E-state index in [4.69, 9.17) is 13.8 Å². The first-order valence-corrected chi connectivity index (χ1v) is 8.04. The van der Waals surface area contributed by atoms with Crippen molar-refractivity contribution in [3.05, 3.63) is 23.4 Å². The van der Waals surface area contributed by atoms with E-state index in [9.17, 15) is 4.79 Å². The van der Waals surface area contributed by atoms with E-state index in [1.165, 1.54) is 0 Å². The van der Waals surface area contributed by atoms with Gasteiger partial charge in [-0.3, -0.25) is 4.79 Å². The van der Waals surface area contributed by atoms with Crippen molar-refractivity contribution in [3.8, 4) is 0 Å². The number of amides is 1. The van der Waals surface area contributed by atoms with E-state index in [1.807, 2.05) is 13.8 Å². The zero-order chi connectivity index (χ0) is 17.1. The molecule has 3 heterocycles. The minimum atomic E-state index is -0.150. The van der Waals surface area contributed by atoms with Gasteiger partial charge in [0.2, 0.25) is 11.8 Å². The van der Waals surface area contributed by atoms with Gasteiger partial charge >= 0.3 is 0 Å². The molecular formula is C15H21N5O4. The third kappa shape index (κ3) is 3.61. The fourth-order valence-corrected chi connectivity index (χ4v) is 2.66. The van der Waals surface area contributed by atoms with Crippen molar-refractivity contribution in [2.75, 3.05) is 13.2 Å². The second-order valence-electron chi connectivity index (χ2n) is 6.12. The van der Waals surface area contributed by atoms with E-state index in [1.54, 1.807) is 11.8 Å². The van der Waals surface area contributed by atoms with Gasteiger partial charge in [-0.1, -0.05) is 24.2 Å². The van der Waals surface area contributed by atoms with Gasteiger partial charge in [0.25, 0.3) is 5.89 Å². The Morgan fingerprint density at radius 2 is 2.17 bits per heavy atom. The number of hydrogen-bond acceptors (Lipinski definition) is 8. The molecule has 2 aromatic heterocycles. The van der Waals surface area contributed by atoms with Crippen LogP contribution >= 0.6 is 0 Å². The summed E-state index contributed by atoms with van der Waals surface area (Å²) in [6.45, 7) is 6.43. The minimum Gasteiger partial charge on any atom is -0.362 e. The Labute approximate surface area is 139 Å². The summed E-state index contributed by atoms with van der Waals surface area (Å²) in [5.74, 6) is 2.11. The summed E-state index contributed by atoms with van der Waals surface area (Å²) in [6, 6.07) is -0.150. The van der Waals surface area contributed by atoms with E-state index in [0.717, 1.165) is 12.8 Å². The number of aromatic nitrogens is 4. The van der Waals surface area contributed by atoms with Gasteiger partial charge in [0.15, 0.2) is 11.6 Å². The number of nitrogens with zero attached hydrogens (tertiary/aromatic N) is 5. The Bertz CT molecular complexity index is 696. The van der Waals surface area contributed by atoms with Crippen molar-refractivity contribution in [2.45, 2.75) is 52.2 Å². The topological polar surface area (TPSA) is 107 Å². The Kier molecular flexibility index (Phi) is 4.89. The average molecular weight is 335 g/mol. The van der Waals surface area contributed by atoms with Gasteiger partial charge < -0.3 is 18.7 Å². The molecular weight excluding hydrogens is 314 g/mol. The van der Waals surface area contributed by atoms with Gasteiger partial charge in [0, 0.05) is 12.5 Å². The maximum absolute atomic E-state index is 12.4. The first-order chi connectivity index (χ1) is 11.5. The predicted octanol–water partition coefficient (Wildman–Crippen LogP) is 1.76. The number of hydrogen-bond donors (Lipinski definition) is 0. The molecule has 1 aliphatic heterocycles. The van der Waals surface area contributed by atoms with Crippen molar-refractivity contribution in [1.82, 2.24) is 25.2 Å². The van der Waals surface area contributed by atoms with Crippen LogP contribution in [0, 0.1) is 6.92 Å². The number of likely N-dealkylation sites (tertiary alicyclic amines) is 1. The van der Waals surface area contributed by atoms with E-state index in [-0.39, 0.29) is 31.1 Å². The third-order valence-corrected chi connectivity index (χ3v) is 3.84. The highest BCUT2D eigenvalue weighted by Crippen LogP contribution is 2.30. The molecule has 2 aromatic rings. The highest BCUT2D eigenvalue weighted by Gasteiger charge is 2.33. The molecule has 1 atom stereocenters. The third-order valence-electron chi connectivity index (χ3n) is 3.84. The summed E-state index contributed by atoms with van der Waals surface area (Å²) in [5.41, 5.74) is 0. The molecule has 0 aliphatic carbocycles. The Morgan fingerprint density at radius 1 is 1.33 bits per heavy atom. The molecule has 1 aliphatic rings. The van der Waals surface area contributed by atoms with Crippen LogP contribution in [-0.4, -0.2) is 44.2 Å². The summed E-state index contributed by atoms with van der Waals surface area (Å²) >= 11 is 0. The van der Waals surface area contributed by atoms with Crippen molar-refractivity contribution >= 4 is 5.91 Å². The molecule has 24 heavy (non-hydrogen) atoms. The number of carbonyl (C=O) groups excluding carboxylic acids is 1. The first kappa shape index (κ1) is 16.6. The zero-order valence-corrected chi connectivity index (χ0v) is 14.1. The molecule has 0 N–H and O–H groups in total. The minimum absolute atomic E-state index is 0.0488. The van der Waals surface area contributed by atoms with Crippen LogP contribution in [0.3, 0.4) is 0 Å². The summed E-state index contributed by atoms with van der Waals surface area (Å²) in [4.78, 5) is 22.6. The fourth-order valence-electron chi connectivity index (χ4n) is 2.66. The molecule has 9 nitrogen and oxygen atoms in total. The van der Waals surface area contributed by atoms with Crippen LogP contribution < -0.4 is 0 Å². The standard InChI is InChI=1S/C15H21N5O4/c1-9(2)15-17-14(19-24-15)11-5-4-6-20(11)13(21)8-22-7-12-16-10(3)18-23-12/h9,11H,4-8H2,1-3H3/t11-/m0/s1. The van der Waals surface area contributed by atoms with Crippen LogP contribution in [0.1, 0.15) is 62.1 Å². The van der Waals surface area contributed by atoms with Crippen LogP contribution in [0.4, 0.5) is 0 Å². The molecule has 0 spiro atoms. The number of carbonyl (C=O) groups is 1. The molecule has 130 valence electrons. The lowest BCUT2D eigenvalue weighted by Gasteiger charge is -2.21. The normalized spacial score (nSPS) is 17.8. The van der Waals surface area contributed by atoms with Crippen LogP contribution in [0.2, 0.25) is 0 Å². The van der Waals surface area contributed by atoms with E-state index >= 15 is 0 Å². The second-order valence-corrected chi connectivity index (χ2v) is 6.12. The fraction of sp³-hybridized carbons (Fsp3) is 0.667. The Morgan fingerprint density at radius 3 is 2.83 bits per heavy atom. The molecule has 0 unspecified atom stereocenters. The molecule has 3 rings (SSSR count). The molecule has 9 heteroatoms. The van der Waals surface area contributed by atoms with E-state index in [2.05, 4.69) is 20.3 Å². The van der Waals surface area contributed by atoms with Gasteiger partial charge in [-0.15, -0.1) is 0 Å². The quantitative estimate of drug-likeness (QED) is 0.786. The van der Waals surface area contributed by atoms with Gasteiger partial charge in [0.1, 0.15) is 13.2 Å². The van der Waals surface area contributed by atoms with Crippen molar-refractivity contribution in [3.63, 3.8) is 0 Å². The van der Waals surface area contributed by atoms with Crippen LogP contribution in [-0.2, 0) is 16.1 Å². The van der Waals surface area contributed by atoms with Crippen LogP contribution in [0.25, 0.3) is 0 Å². The highest BCUT2D eigenvalue weighted by molar-refractivity contribution is 5.78. The molecule has 0 radical (unpaired) electrons. The molecule has 0 saturated carbocycles. The number of rotatable bonds is 6. The highest BCUT2D eigenvalue weighted by atomic mass is 16.5. The van der Waals surface area contributed by atoms with Crippen LogP contribution in [0.5, 0.6) is 0 Å². The number of ether oxygens (including phenoxy) is 1. The summed E-state index contributed by atoms with van der Waals surface area (Å²) < 4.78 is 15.6. The molecule has 1 saturated heterocycles. The first-order valence-electron chi connectivity index (χ1n) is 8.04. The van der Waals surface area contributed by atoms with Gasteiger partial charge in [-0.25, -0.2) is 0 Å². The van der Waals surface area contributed by atoms with E-state index in [0.29, 0.717) is 30.0 Å². The molecule has 1 amide bonds.